The molecule has 0 aliphatic carbocycles. The smallest absolute Gasteiger partial charge is 0.258 e. The van der Waals surface area contributed by atoms with Crippen LogP contribution in [0.5, 0.6) is 11.5 Å². The van der Waals surface area contributed by atoms with Gasteiger partial charge >= 0.3 is 0 Å². The number of ether oxygens (including phenoxy) is 2. The maximum atomic E-state index is 12.3. The fraction of sp³-hybridized carbons (Fsp3) is 0.200. The lowest BCUT2D eigenvalue weighted by Gasteiger charge is -2.08. The van der Waals surface area contributed by atoms with Crippen molar-refractivity contribution >= 4 is 34.4 Å². The number of benzene rings is 1. The molecular weight excluding hydrogens is 382 g/mol. The van der Waals surface area contributed by atoms with Crippen LogP contribution in [0.25, 0.3) is 0 Å². The molecule has 1 N–H and O–H groups in total. The Morgan fingerprint density at radius 2 is 1.70 bits per heavy atom. The van der Waals surface area contributed by atoms with Crippen LogP contribution in [-0.2, 0) is 11.3 Å². The molecular formula is C20H19NO4S2. The van der Waals surface area contributed by atoms with E-state index < -0.39 is 0 Å². The van der Waals surface area contributed by atoms with Crippen LogP contribution < -0.4 is 14.8 Å². The summed E-state index contributed by atoms with van der Waals surface area (Å²) in [7, 11) is 0. The molecule has 0 unspecified atom stereocenters. The average Bonchev–Trinajstić information content (AvgIpc) is 3.37. The predicted octanol–water partition coefficient (Wildman–Crippen LogP) is 4.13. The van der Waals surface area contributed by atoms with Gasteiger partial charge in [0.25, 0.3) is 5.91 Å². The van der Waals surface area contributed by atoms with E-state index in [0.29, 0.717) is 23.8 Å². The summed E-state index contributed by atoms with van der Waals surface area (Å²) in [6.07, 6.45) is 0. The zero-order valence-corrected chi connectivity index (χ0v) is 16.4. The Hall–Kier alpha value is -2.64. The monoisotopic (exact) mass is 401 g/mol. The lowest BCUT2D eigenvalue weighted by Crippen LogP contribution is -2.28. The van der Waals surface area contributed by atoms with Crippen LogP contribution in [0.4, 0.5) is 0 Å². The van der Waals surface area contributed by atoms with E-state index in [2.05, 4.69) is 5.32 Å². The number of nitrogens with one attached hydrogen (secondary N) is 1. The molecule has 0 radical (unpaired) electrons. The quantitative estimate of drug-likeness (QED) is 0.548. The normalized spacial score (nSPS) is 10.4. The van der Waals surface area contributed by atoms with Gasteiger partial charge in [0.2, 0.25) is 5.78 Å². The number of carbonyl (C=O) groups is 2. The minimum Gasteiger partial charge on any atom is -0.494 e. The topological polar surface area (TPSA) is 64.6 Å². The molecule has 0 spiro atoms. The number of amides is 1. The number of thiophene rings is 2. The zero-order valence-electron chi connectivity index (χ0n) is 14.8. The highest BCUT2D eigenvalue weighted by Gasteiger charge is 2.13. The molecule has 140 valence electrons. The molecule has 0 aliphatic heterocycles. The molecule has 0 saturated carbocycles. The SMILES string of the molecule is CCOc1ccc(OCC(=O)NCc2ccc(C(=O)c3cccs3)s2)cc1. The van der Waals surface area contributed by atoms with Crippen LogP contribution >= 0.6 is 22.7 Å². The molecule has 3 aromatic rings. The van der Waals surface area contributed by atoms with E-state index in [4.69, 9.17) is 9.47 Å². The van der Waals surface area contributed by atoms with Crippen molar-refractivity contribution in [1.29, 1.82) is 0 Å². The maximum Gasteiger partial charge on any atom is 0.258 e. The summed E-state index contributed by atoms with van der Waals surface area (Å²) in [5, 5.41) is 4.68. The first-order valence-electron chi connectivity index (χ1n) is 8.45. The van der Waals surface area contributed by atoms with Gasteiger partial charge in [0.05, 0.1) is 22.9 Å². The number of carbonyl (C=O) groups excluding carboxylic acids is 2. The van der Waals surface area contributed by atoms with E-state index in [0.717, 1.165) is 15.5 Å². The summed E-state index contributed by atoms with van der Waals surface area (Å²) in [5.74, 6) is 1.17. The standard InChI is InChI=1S/C20H19NO4S2/c1-2-24-14-5-7-15(8-6-14)25-13-19(22)21-12-16-9-10-18(27-16)20(23)17-4-3-11-26-17/h3-11H,2,12-13H2,1H3,(H,21,22). The van der Waals surface area contributed by atoms with Crippen molar-refractivity contribution in [3.63, 3.8) is 0 Å². The first-order valence-corrected chi connectivity index (χ1v) is 10.1. The predicted molar refractivity (Wildman–Crippen MR) is 107 cm³/mol. The summed E-state index contributed by atoms with van der Waals surface area (Å²) >= 11 is 2.81. The third kappa shape index (κ3) is 5.42. The van der Waals surface area contributed by atoms with Gasteiger partial charge < -0.3 is 14.8 Å². The van der Waals surface area contributed by atoms with E-state index in [9.17, 15) is 9.59 Å². The zero-order chi connectivity index (χ0) is 19.1. The number of hydrogen-bond donors (Lipinski definition) is 1. The van der Waals surface area contributed by atoms with Crippen LogP contribution in [-0.4, -0.2) is 24.9 Å². The van der Waals surface area contributed by atoms with E-state index in [-0.39, 0.29) is 18.3 Å². The molecule has 27 heavy (non-hydrogen) atoms. The molecule has 2 heterocycles. The van der Waals surface area contributed by atoms with E-state index in [1.165, 1.54) is 22.7 Å². The second-order valence-electron chi connectivity index (χ2n) is 5.54. The van der Waals surface area contributed by atoms with Gasteiger partial charge in [-0.2, -0.15) is 0 Å². The van der Waals surface area contributed by atoms with Gasteiger partial charge in [-0.1, -0.05) is 6.07 Å². The van der Waals surface area contributed by atoms with Crippen LogP contribution in [0.3, 0.4) is 0 Å². The Balaban J connectivity index is 1.44. The minimum atomic E-state index is -0.219. The molecule has 1 aromatic carbocycles. The molecule has 1 amide bonds. The van der Waals surface area contributed by atoms with Gasteiger partial charge in [0, 0.05) is 4.88 Å². The van der Waals surface area contributed by atoms with Gasteiger partial charge in [-0.05, 0) is 54.8 Å². The van der Waals surface area contributed by atoms with Crippen LogP contribution in [0, 0.1) is 0 Å². The number of hydrogen-bond acceptors (Lipinski definition) is 6. The van der Waals surface area contributed by atoms with Crippen molar-refractivity contribution in [1.82, 2.24) is 5.32 Å². The second kappa shape index (κ2) is 9.34. The first-order chi connectivity index (χ1) is 13.2. The number of rotatable bonds is 9. The summed E-state index contributed by atoms with van der Waals surface area (Å²) in [4.78, 5) is 26.6. The average molecular weight is 402 g/mol. The van der Waals surface area contributed by atoms with E-state index >= 15 is 0 Å². The summed E-state index contributed by atoms with van der Waals surface area (Å²) in [5.41, 5.74) is 0. The van der Waals surface area contributed by atoms with Crippen LogP contribution in [0.15, 0.2) is 53.9 Å². The van der Waals surface area contributed by atoms with E-state index in [1.54, 1.807) is 30.3 Å². The molecule has 5 nitrogen and oxygen atoms in total. The van der Waals surface area contributed by atoms with Gasteiger partial charge in [-0.15, -0.1) is 22.7 Å². The highest BCUT2D eigenvalue weighted by Crippen LogP contribution is 2.22. The maximum absolute atomic E-state index is 12.3. The lowest BCUT2D eigenvalue weighted by molar-refractivity contribution is -0.123. The molecule has 7 heteroatoms. The van der Waals surface area contributed by atoms with Crippen LogP contribution in [0.2, 0.25) is 0 Å². The molecule has 0 saturated heterocycles. The Bertz CT molecular complexity index is 885. The third-order valence-corrected chi connectivity index (χ3v) is 5.55. The first kappa shape index (κ1) is 19.1. The second-order valence-corrected chi connectivity index (χ2v) is 7.66. The molecule has 2 aromatic heterocycles. The molecule has 0 aliphatic rings. The molecule has 3 rings (SSSR count). The summed E-state index contributed by atoms with van der Waals surface area (Å²) < 4.78 is 10.8. The molecule has 0 bridgehead atoms. The van der Waals surface area contributed by atoms with Crippen LogP contribution in [0.1, 0.15) is 26.3 Å². The Morgan fingerprint density at radius 3 is 2.37 bits per heavy atom. The fourth-order valence-electron chi connectivity index (χ4n) is 2.31. The highest BCUT2D eigenvalue weighted by atomic mass is 32.1. The van der Waals surface area contributed by atoms with E-state index in [1.807, 2.05) is 30.5 Å². The van der Waals surface area contributed by atoms with Crippen molar-refractivity contribution in [2.24, 2.45) is 0 Å². The van der Waals surface area contributed by atoms with Gasteiger partial charge in [0.1, 0.15) is 11.5 Å². The molecule has 0 atom stereocenters. The fourth-order valence-corrected chi connectivity index (χ4v) is 3.95. The summed E-state index contributed by atoms with van der Waals surface area (Å²) in [6, 6.07) is 14.5. The van der Waals surface area contributed by atoms with Crippen molar-refractivity contribution in [3.8, 4) is 11.5 Å². The Labute approximate surface area is 165 Å². The Kier molecular flexibility index (Phi) is 6.62. The lowest BCUT2D eigenvalue weighted by atomic mass is 10.3. The van der Waals surface area contributed by atoms with Gasteiger partial charge in [0.15, 0.2) is 6.61 Å². The largest absolute Gasteiger partial charge is 0.494 e. The highest BCUT2D eigenvalue weighted by molar-refractivity contribution is 7.16. The Morgan fingerprint density at radius 1 is 0.963 bits per heavy atom. The van der Waals surface area contributed by atoms with Crippen molar-refractivity contribution in [2.75, 3.05) is 13.2 Å². The number of ketones is 1. The molecule has 0 fully saturated rings. The van der Waals surface area contributed by atoms with Crippen molar-refractivity contribution in [2.45, 2.75) is 13.5 Å². The summed E-state index contributed by atoms with van der Waals surface area (Å²) in [6.45, 7) is 2.82. The minimum absolute atomic E-state index is 0.0198. The van der Waals surface area contributed by atoms with Gasteiger partial charge in [-0.3, -0.25) is 9.59 Å². The van der Waals surface area contributed by atoms with Crippen molar-refractivity contribution < 1.29 is 19.1 Å². The van der Waals surface area contributed by atoms with Gasteiger partial charge in [-0.25, -0.2) is 0 Å². The third-order valence-electron chi connectivity index (χ3n) is 3.59. The van der Waals surface area contributed by atoms with Crippen molar-refractivity contribution in [3.05, 3.63) is 68.5 Å².